The van der Waals surface area contributed by atoms with Crippen molar-refractivity contribution >= 4 is 16.0 Å². The lowest BCUT2D eigenvalue weighted by Gasteiger charge is -2.24. The van der Waals surface area contributed by atoms with E-state index in [9.17, 15) is 13.2 Å². The molecule has 0 atom stereocenters. The van der Waals surface area contributed by atoms with Gasteiger partial charge in [0.1, 0.15) is 17.5 Å². The van der Waals surface area contributed by atoms with E-state index >= 15 is 0 Å². The molecule has 1 rings (SSSR count). The fourth-order valence-electron chi connectivity index (χ4n) is 1.49. The quantitative estimate of drug-likeness (QED) is 0.839. The second kappa shape index (κ2) is 5.77. The molecule has 0 bridgehead atoms. The summed E-state index contributed by atoms with van der Waals surface area (Å²) in [5.41, 5.74) is -0.251. The smallest absolute Gasteiger partial charge is 0.318 e. The van der Waals surface area contributed by atoms with Gasteiger partial charge in [0, 0.05) is 12.2 Å². The molecule has 0 aliphatic rings. The van der Waals surface area contributed by atoms with Crippen LogP contribution in [-0.2, 0) is 14.8 Å². The van der Waals surface area contributed by atoms with Gasteiger partial charge in [0.05, 0.1) is 0 Å². The van der Waals surface area contributed by atoms with Gasteiger partial charge in [-0.1, -0.05) is 0 Å². The molecule has 1 aromatic rings. The number of nitrogens with zero attached hydrogens (tertiary/aromatic N) is 3. The molecule has 1 heterocycles. The molecule has 19 heavy (non-hydrogen) atoms. The Hall–Kier alpha value is -1.98. The predicted molar refractivity (Wildman–Crippen MR) is 65.6 cm³/mol. The van der Waals surface area contributed by atoms with Gasteiger partial charge in [0.2, 0.25) is 10.0 Å². The first-order chi connectivity index (χ1) is 8.80. The number of carboxylic acids is 1. The van der Waals surface area contributed by atoms with Gasteiger partial charge in [-0.15, -0.1) is 0 Å². The molecule has 1 aromatic heterocycles. The van der Waals surface area contributed by atoms with Crippen LogP contribution in [0, 0.1) is 11.3 Å². The summed E-state index contributed by atoms with van der Waals surface area (Å²) >= 11 is 0. The lowest BCUT2D eigenvalue weighted by molar-refractivity contribution is -0.137. The Morgan fingerprint density at radius 2 is 2.21 bits per heavy atom. The summed E-state index contributed by atoms with van der Waals surface area (Å²) < 4.78 is 25.5. The highest BCUT2D eigenvalue weighted by Gasteiger charge is 2.31. The molecule has 7 nitrogen and oxygen atoms in total. The molecule has 0 fully saturated rings. The number of carboxylic acid groups (broad SMARTS) is 1. The highest BCUT2D eigenvalue weighted by atomic mass is 32.2. The van der Waals surface area contributed by atoms with E-state index in [1.165, 1.54) is 18.3 Å². The van der Waals surface area contributed by atoms with E-state index in [0.717, 1.165) is 4.31 Å². The summed E-state index contributed by atoms with van der Waals surface area (Å²) in [4.78, 5) is 14.1. The van der Waals surface area contributed by atoms with E-state index in [1.807, 2.05) is 0 Å². The molecule has 0 saturated heterocycles. The molecule has 0 unspecified atom stereocenters. The molecule has 0 aliphatic heterocycles. The van der Waals surface area contributed by atoms with E-state index in [0.29, 0.717) is 0 Å². The van der Waals surface area contributed by atoms with Crippen LogP contribution < -0.4 is 0 Å². The van der Waals surface area contributed by atoms with Crippen LogP contribution in [-0.4, -0.2) is 41.4 Å². The zero-order chi connectivity index (χ0) is 14.6. The van der Waals surface area contributed by atoms with Gasteiger partial charge < -0.3 is 5.11 Å². The molecule has 102 valence electrons. The topological polar surface area (TPSA) is 111 Å². The summed E-state index contributed by atoms with van der Waals surface area (Å²) in [6.07, 6.45) is 1.30. The van der Waals surface area contributed by atoms with E-state index in [-0.39, 0.29) is 10.6 Å². The number of nitriles is 1. The van der Waals surface area contributed by atoms with Crippen LogP contribution in [0.5, 0.6) is 0 Å². The maximum absolute atomic E-state index is 12.4. The second-order valence-corrected chi connectivity index (χ2v) is 5.86. The Balaban J connectivity index is 3.36. The number of aliphatic carboxylic acids is 1. The zero-order valence-electron chi connectivity index (χ0n) is 10.4. The van der Waals surface area contributed by atoms with E-state index < -0.39 is 28.6 Å². The number of hydrogen-bond donors (Lipinski definition) is 1. The van der Waals surface area contributed by atoms with Crippen molar-refractivity contribution < 1.29 is 18.3 Å². The molecule has 0 aliphatic carbocycles. The largest absolute Gasteiger partial charge is 0.480 e. The van der Waals surface area contributed by atoms with Crippen molar-refractivity contribution in [3.8, 4) is 6.07 Å². The maximum atomic E-state index is 12.4. The minimum Gasteiger partial charge on any atom is -0.480 e. The van der Waals surface area contributed by atoms with Crippen LogP contribution in [0.1, 0.15) is 19.5 Å². The minimum absolute atomic E-state index is 0.251. The first-order valence-corrected chi connectivity index (χ1v) is 6.83. The Morgan fingerprint density at radius 3 is 2.68 bits per heavy atom. The minimum atomic E-state index is -4.07. The monoisotopic (exact) mass is 283 g/mol. The van der Waals surface area contributed by atoms with E-state index in [2.05, 4.69) is 4.98 Å². The SMILES string of the molecule is CC(C)N(CC(=O)O)S(=O)(=O)c1cccnc1C#N. The molecule has 8 heteroatoms. The Morgan fingerprint density at radius 1 is 1.58 bits per heavy atom. The second-order valence-electron chi connectivity index (χ2n) is 4.00. The Bertz CT molecular complexity index is 619. The van der Waals surface area contributed by atoms with E-state index in [4.69, 9.17) is 10.4 Å². The predicted octanol–water partition coefficient (Wildman–Crippen LogP) is 0.437. The highest BCUT2D eigenvalue weighted by Crippen LogP contribution is 2.20. The molecule has 1 N–H and O–H groups in total. The van der Waals surface area contributed by atoms with Gasteiger partial charge in [-0.3, -0.25) is 4.79 Å². The number of sulfonamides is 1. The van der Waals surface area contributed by atoms with Crippen molar-refractivity contribution in [3.63, 3.8) is 0 Å². The van der Waals surface area contributed by atoms with Gasteiger partial charge >= 0.3 is 5.97 Å². The van der Waals surface area contributed by atoms with Crippen LogP contribution in [0.25, 0.3) is 0 Å². The maximum Gasteiger partial charge on any atom is 0.318 e. The van der Waals surface area contributed by atoms with Gasteiger partial charge in [-0.2, -0.15) is 9.57 Å². The van der Waals surface area contributed by atoms with Gasteiger partial charge in [0.25, 0.3) is 0 Å². The average Bonchev–Trinajstić information content (AvgIpc) is 2.35. The van der Waals surface area contributed by atoms with Crippen molar-refractivity contribution in [2.45, 2.75) is 24.8 Å². The third kappa shape index (κ3) is 3.27. The van der Waals surface area contributed by atoms with Gasteiger partial charge in [-0.05, 0) is 26.0 Å². The highest BCUT2D eigenvalue weighted by molar-refractivity contribution is 7.89. The first kappa shape index (κ1) is 15.1. The van der Waals surface area contributed by atoms with Crippen LogP contribution in [0.15, 0.2) is 23.2 Å². The third-order valence-electron chi connectivity index (χ3n) is 2.33. The van der Waals surface area contributed by atoms with Crippen LogP contribution in [0.2, 0.25) is 0 Å². The Labute approximate surface area is 111 Å². The molecule has 0 amide bonds. The van der Waals surface area contributed by atoms with Crippen molar-refractivity contribution in [2.75, 3.05) is 6.54 Å². The molecule has 0 aromatic carbocycles. The number of hydrogen-bond acceptors (Lipinski definition) is 5. The third-order valence-corrected chi connectivity index (χ3v) is 4.38. The van der Waals surface area contributed by atoms with Crippen LogP contribution in [0.4, 0.5) is 0 Å². The summed E-state index contributed by atoms with van der Waals surface area (Å²) in [6, 6.07) is 3.75. The molecular formula is C11H13N3O4S. The summed E-state index contributed by atoms with van der Waals surface area (Å²) in [7, 11) is -4.07. The molecule has 0 spiro atoms. The van der Waals surface area contributed by atoms with Gasteiger partial charge in [-0.25, -0.2) is 13.4 Å². The molecule has 0 saturated carbocycles. The fourth-order valence-corrected chi connectivity index (χ4v) is 3.17. The summed E-state index contributed by atoms with van der Waals surface area (Å²) in [5, 5.41) is 17.7. The average molecular weight is 283 g/mol. The standard InChI is InChI=1S/C11H13N3O4S/c1-8(2)14(7-11(15)16)19(17,18)10-4-3-5-13-9(10)6-12/h3-5,8H,7H2,1-2H3,(H,15,16). The number of pyridine rings is 1. The number of carbonyl (C=O) groups is 1. The summed E-state index contributed by atoms with van der Waals surface area (Å²) in [5.74, 6) is -1.26. The van der Waals surface area contributed by atoms with Crippen LogP contribution >= 0.6 is 0 Å². The van der Waals surface area contributed by atoms with Crippen molar-refractivity contribution in [1.82, 2.24) is 9.29 Å². The fraction of sp³-hybridized carbons (Fsp3) is 0.364. The van der Waals surface area contributed by atoms with Gasteiger partial charge in [0.15, 0.2) is 5.69 Å². The molecular weight excluding hydrogens is 270 g/mol. The van der Waals surface area contributed by atoms with Crippen molar-refractivity contribution in [3.05, 3.63) is 24.0 Å². The first-order valence-electron chi connectivity index (χ1n) is 5.39. The zero-order valence-corrected chi connectivity index (χ0v) is 11.3. The van der Waals surface area contributed by atoms with Crippen LogP contribution in [0.3, 0.4) is 0 Å². The van der Waals surface area contributed by atoms with Crippen molar-refractivity contribution in [1.29, 1.82) is 5.26 Å². The number of aromatic nitrogens is 1. The lowest BCUT2D eigenvalue weighted by Crippen LogP contribution is -2.40. The Kier molecular flexibility index (Phi) is 4.58. The summed E-state index contributed by atoms with van der Waals surface area (Å²) in [6.45, 7) is 2.45. The number of rotatable bonds is 5. The lowest BCUT2D eigenvalue weighted by atomic mass is 10.4. The normalized spacial score (nSPS) is 11.5. The molecule has 0 radical (unpaired) electrons. The van der Waals surface area contributed by atoms with E-state index in [1.54, 1.807) is 19.9 Å². The van der Waals surface area contributed by atoms with Crippen molar-refractivity contribution in [2.24, 2.45) is 0 Å².